The molecule has 0 aromatic carbocycles. The molecule has 90 valence electrons. The molecule has 1 rings (SSSR count). The third kappa shape index (κ3) is 4.73. The summed E-state index contributed by atoms with van der Waals surface area (Å²) in [6.45, 7) is 11.8. The first-order valence-corrected chi connectivity index (χ1v) is 6.09. The molecule has 0 fully saturated rings. The van der Waals surface area contributed by atoms with E-state index < -0.39 is 0 Å². The first kappa shape index (κ1) is 13.1. The number of aryl methyl sites for hydroxylation is 1. The lowest BCUT2D eigenvalue weighted by Crippen LogP contribution is -2.31. The molecule has 0 aliphatic carbocycles. The number of aromatic nitrogens is 1. The van der Waals surface area contributed by atoms with Gasteiger partial charge >= 0.3 is 0 Å². The highest BCUT2D eigenvalue weighted by Crippen LogP contribution is 2.00. The van der Waals surface area contributed by atoms with Gasteiger partial charge in [-0.05, 0) is 31.1 Å². The lowest BCUT2D eigenvalue weighted by atomic mass is 10.2. The van der Waals surface area contributed by atoms with E-state index >= 15 is 0 Å². The van der Waals surface area contributed by atoms with Crippen molar-refractivity contribution >= 4 is 0 Å². The molecule has 1 heterocycles. The molecule has 16 heavy (non-hydrogen) atoms. The monoisotopic (exact) mass is 221 g/mol. The Labute approximate surface area is 98.9 Å². The molecule has 0 aliphatic rings. The molecule has 0 saturated heterocycles. The molecule has 3 heteroatoms. The molecule has 0 unspecified atom stereocenters. The summed E-state index contributed by atoms with van der Waals surface area (Å²) in [5, 5.41) is 3.45. The fourth-order valence-corrected chi connectivity index (χ4v) is 1.72. The summed E-state index contributed by atoms with van der Waals surface area (Å²) in [5.41, 5.74) is 2.49. The van der Waals surface area contributed by atoms with Crippen molar-refractivity contribution in [2.75, 3.05) is 26.2 Å². The Morgan fingerprint density at radius 2 is 2.00 bits per heavy atom. The van der Waals surface area contributed by atoms with Crippen molar-refractivity contribution in [2.45, 2.75) is 27.3 Å². The van der Waals surface area contributed by atoms with E-state index in [-0.39, 0.29) is 0 Å². The van der Waals surface area contributed by atoms with Crippen LogP contribution in [-0.2, 0) is 6.54 Å². The molecule has 1 aromatic rings. The Hall–Kier alpha value is -0.930. The zero-order valence-corrected chi connectivity index (χ0v) is 10.7. The van der Waals surface area contributed by atoms with Gasteiger partial charge in [-0.3, -0.25) is 4.98 Å². The second-order valence-corrected chi connectivity index (χ2v) is 4.07. The summed E-state index contributed by atoms with van der Waals surface area (Å²) < 4.78 is 0. The standard InChI is InChI=1S/C13H23N3/c1-4-16(5-2)7-6-14-10-13-8-12(3)9-15-11-13/h8-9,11,14H,4-7,10H2,1-3H3. The van der Waals surface area contributed by atoms with Crippen molar-refractivity contribution in [3.05, 3.63) is 29.6 Å². The largest absolute Gasteiger partial charge is 0.311 e. The number of hydrogen-bond donors (Lipinski definition) is 1. The molecular weight excluding hydrogens is 198 g/mol. The van der Waals surface area contributed by atoms with Gasteiger partial charge in [0, 0.05) is 32.0 Å². The van der Waals surface area contributed by atoms with Crippen LogP contribution in [0, 0.1) is 6.92 Å². The van der Waals surface area contributed by atoms with Crippen LogP contribution in [0.4, 0.5) is 0 Å². The van der Waals surface area contributed by atoms with Crippen molar-refractivity contribution in [1.29, 1.82) is 0 Å². The minimum absolute atomic E-state index is 0.913. The molecule has 0 saturated carbocycles. The van der Waals surface area contributed by atoms with E-state index in [0.717, 1.165) is 32.7 Å². The Kier molecular flexibility index (Phi) is 6.04. The fraction of sp³-hybridized carbons (Fsp3) is 0.615. The zero-order valence-electron chi connectivity index (χ0n) is 10.7. The van der Waals surface area contributed by atoms with Crippen LogP contribution in [0.1, 0.15) is 25.0 Å². The molecule has 0 amide bonds. The third-order valence-electron chi connectivity index (χ3n) is 2.76. The predicted octanol–water partition coefficient (Wildman–Crippen LogP) is 1.82. The highest BCUT2D eigenvalue weighted by atomic mass is 15.1. The molecule has 3 nitrogen and oxygen atoms in total. The van der Waals surface area contributed by atoms with Crippen molar-refractivity contribution in [3.63, 3.8) is 0 Å². The van der Waals surface area contributed by atoms with Gasteiger partial charge in [0.05, 0.1) is 0 Å². The van der Waals surface area contributed by atoms with Gasteiger partial charge in [-0.15, -0.1) is 0 Å². The van der Waals surface area contributed by atoms with Crippen LogP contribution in [0.25, 0.3) is 0 Å². The molecule has 0 spiro atoms. The molecule has 0 radical (unpaired) electrons. The Bertz CT molecular complexity index is 295. The smallest absolute Gasteiger partial charge is 0.0313 e. The summed E-state index contributed by atoms with van der Waals surface area (Å²) in [6, 6.07) is 2.18. The van der Waals surface area contributed by atoms with Crippen LogP contribution in [0.5, 0.6) is 0 Å². The lowest BCUT2D eigenvalue weighted by Gasteiger charge is -2.17. The second-order valence-electron chi connectivity index (χ2n) is 4.07. The SMILES string of the molecule is CCN(CC)CCNCc1cncc(C)c1. The van der Waals surface area contributed by atoms with Crippen LogP contribution in [0.3, 0.4) is 0 Å². The summed E-state index contributed by atoms with van der Waals surface area (Å²) in [7, 11) is 0. The summed E-state index contributed by atoms with van der Waals surface area (Å²) >= 11 is 0. The maximum Gasteiger partial charge on any atom is 0.0313 e. The van der Waals surface area contributed by atoms with E-state index in [1.54, 1.807) is 0 Å². The lowest BCUT2D eigenvalue weighted by molar-refractivity contribution is 0.302. The first-order chi connectivity index (χ1) is 7.76. The summed E-state index contributed by atoms with van der Waals surface area (Å²) in [6.07, 6.45) is 3.82. The van der Waals surface area contributed by atoms with E-state index in [1.807, 2.05) is 12.4 Å². The predicted molar refractivity (Wildman–Crippen MR) is 68.5 cm³/mol. The molecule has 0 aliphatic heterocycles. The highest BCUT2D eigenvalue weighted by Gasteiger charge is 1.98. The van der Waals surface area contributed by atoms with E-state index in [2.05, 4.69) is 42.0 Å². The zero-order chi connectivity index (χ0) is 11.8. The third-order valence-corrected chi connectivity index (χ3v) is 2.76. The minimum Gasteiger partial charge on any atom is -0.311 e. The first-order valence-electron chi connectivity index (χ1n) is 6.09. The Morgan fingerprint density at radius 3 is 2.62 bits per heavy atom. The van der Waals surface area contributed by atoms with Gasteiger partial charge in [0.2, 0.25) is 0 Å². The van der Waals surface area contributed by atoms with Gasteiger partial charge in [0.15, 0.2) is 0 Å². The number of hydrogen-bond acceptors (Lipinski definition) is 3. The Balaban J connectivity index is 2.20. The van der Waals surface area contributed by atoms with E-state index in [0.29, 0.717) is 0 Å². The number of nitrogens with zero attached hydrogens (tertiary/aromatic N) is 2. The quantitative estimate of drug-likeness (QED) is 0.712. The van der Waals surface area contributed by atoms with Gasteiger partial charge in [-0.2, -0.15) is 0 Å². The van der Waals surface area contributed by atoms with Crippen LogP contribution in [0.15, 0.2) is 18.5 Å². The van der Waals surface area contributed by atoms with Crippen molar-refractivity contribution in [3.8, 4) is 0 Å². The molecule has 0 bridgehead atoms. The number of likely N-dealkylation sites (N-methyl/N-ethyl adjacent to an activating group) is 1. The summed E-state index contributed by atoms with van der Waals surface area (Å²) in [4.78, 5) is 6.60. The highest BCUT2D eigenvalue weighted by molar-refractivity contribution is 5.16. The van der Waals surface area contributed by atoms with E-state index in [1.165, 1.54) is 11.1 Å². The molecule has 1 aromatic heterocycles. The summed E-state index contributed by atoms with van der Waals surface area (Å²) in [5.74, 6) is 0. The van der Waals surface area contributed by atoms with Crippen LogP contribution in [0.2, 0.25) is 0 Å². The van der Waals surface area contributed by atoms with Gasteiger partial charge in [-0.25, -0.2) is 0 Å². The molecule has 1 N–H and O–H groups in total. The van der Waals surface area contributed by atoms with Crippen LogP contribution < -0.4 is 5.32 Å². The van der Waals surface area contributed by atoms with Gasteiger partial charge in [-0.1, -0.05) is 19.9 Å². The van der Waals surface area contributed by atoms with Gasteiger partial charge in [0.25, 0.3) is 0 Å². The second kappa shape index (κ2) is 7.36. The number of rotatable bonds is 7. The minimum atomic E-state index is 0.913. The Morgan fingerprint density at radius 1 is 1.25 bits per heavy atom. The van der Waals surface area contributed by atoms with Gasteiger partial charge < -0.3 is 10.2 Å². The molecular formula is C13H23N3. The normalized spacial score (nSPS) is 11.0. The van der Waals surface area contributed by atoms with Crippen LogP contribution in [-0.4, -0.2) is 36.1 Å². The van der Waals surface area contributed by atoms with E-state index in [4.69, 9.17) is 0 Å². The maximum absolute atomic E-state index is 4.18. The van der Waals surface area contributed by atoms with E-state index in [9.17, 15) is 0 Å². The molecule has 0 atom stereocenters. The van der Waals surface area contributed by atoms with Crippen molar-refractivity contribution < 1.29 is 0 Å². The topological polar surface area (TPSA) is 28.2 Å². The average Bonchev–Trinajstić information content (AvgIpc) is 2.29. The number of pyridine rings is 1. The fourth-order valence-electron chi connectivity index (χ4n) is 1.72. The average molecular weight is 221 g/mol. The van der Waals surface area contributed by atoms with Crippen LogP contribution >= 0.6 is 0 Å². The van der Waals surface area contributed by atoms with Crippen molar-refractivity contribution in [1.82, 2.24) is 15.2 Å². The van der Waals surface area contributed by atoms with Gasteiger partial charge in [0.1, 0.15) is 0 Å². The van der Waals surface area contributed by atoms with Crippen molar-refractivity contribution in [2.24, 2.45) is 0 Å². The maximum atomic E-state index is 4.18. The number of nitrogens with one attached hydrogen (secondary N) is 1.